The Labute approximate surface area is 140 Å². The third-order valence-corrected chi connectivity index (χ3v) is 4.28. The van der Waals surface area contributed by atoms with Gasteiger partial charge in [0.25, 0.3) is 11.1 Å². The van der Waals surface area contributed by atoms with Gasteiger partial charge in [-0.2, -0.15) is 0 Å². The first-order valence-corrected chi connectivity index (χ1v) is 7.87. The molecule has 24 heavy (non-hydrogen) atoms. The Bertz CT molecular complexity index is 891. The van der Waals surface area contributed by atoms with E-state index >= 15 is 0 Å². The zero-order valence-electron chi connectivity index (χ0n) is 12.7. The fourth-order valence-corrected chi connectivity index (χ4v) is 2.82. The number of Topliss-reactive ketones (excluding diaryl/α,β-unsaturated/α-hetero) is 1. The predicted octanol–water partition coefficient (Wildman–Crippen LogP) is 4.28. The SMILES string of the molecule is Cc1occc1-c1nnc(S[C@@H](C)C(=O)c2ccc(F)c(F)c2)o1. The van der Waals surface area contributed by atoms with Crippen LogP contribution in [0.3, 0.4) is 0 Å². The molecule has 0 saturated heterocycles. The summed E-state index contributed by atoms with van der Waals surface area (Å²) in [5.74, 6) is -1.49. The molecule has 0 aliphatic heterocycles. The zero-order valence-corrected chi connectivity index (χ0v) is 13.6. The summed E-state index contributed by atoms with van der Waals surface area (Å²) in [6.07, 6.45) is 1.51. The lowest BCUT2D eigenvalue weighted by molar-refractivity contribution is 0.0993. The van der Waals surface area contributed by atoms with Gasteiger partial charge in [-0.05, 0) is 38.1 Å². The summed E-state index contributed by atoms with van der Waals surface area (Å²) in [4.78, 5) is 12.3. The van der Waals surface area contributed by atoms with Crippen molar-refractivity contribution in [1.82, 2.24) is 10.2 Å². The average molecular weight is 350 g/mol. The molecular formula is C16H12F2N2O3S. The second-order valence-electron chi connectivity index (χ2n) is 5.02. The number of carbonyl (C=O) groups is 1. The van der Waals surface area contributed by atoms with Crippen LogP contribution in [0.5, 0.6) is 0 Å². The van der Waals surface area contributed by atoms with Crippen LogP contribution in [-0.2, 0) is 0 Å². The van der Waals surface area contributed by atoms with Crippen molar-refractivity contribution in [2.45, 2.75) is 24.3 Å². The Balaban J connectivity index is 1.74. The molecule has 0 bridgehead atoms. The second kappa shape index (κ2) is 6.56. The van der Waals surface area contributed by atoms with E-state index in [0.717, 1.165) is 23.9 Å². The van der Waals surface area contributed by atoms with Crippen molar-refractivity contribution in [1.29, 1.82) is 0 Å². The number of furan rings is 1. The van der Waals surface area contributed by atoms with Crippen molar-refractivity contribution in [3.05, 3.63) is 53.5 Å². The van der Waals surface area contributed by atoms with Crippen LogP contribution in [0.15, 0.2) is 44.6 Å². The molecule has 0 spiro atoms. The summed E-state index contributed by atoms with van der Waals surface area (Å²) in [7, 11) is 0. The number of aryl methyl sites for hydroxylation is 1. The van der Waals surface area contributed by atoms with E-state index in [-0.39, 0.29) is 22.5 Å². The third-order valence-electron chi connectivity index (χ3n) is 3.35. The van der Waals surface area contributed by atoms with Crippen molar-refractivity contribution >= 4 is 17.5 Å². The molecule has 0 aliphatic rings. The molecule has 8 heteroatoms. The first-order valence-electron chi connectivity index (χ1n) is 6.99. The second-order valence-corrected chi connectivity index (χ2v) is 6.31. The van der Waals surface area contributed by atoms with Crippen molar-refractivity contribution < 1.29 is 22.4 Å². The molecule has 5 nitrogen and oxygen atoms in total. The third kappa shape index (κ3) is 3.23. The van der Waals surface area contributed by atoms with Gasteiger partial charge in [-0.15, -0.1) is 10.2 Å². The molecule has 0 amide bonds. The lowest BCUT2D eigenvalue weighted by Crippen LogP contribution is -2.14. The fourth-order valence-electron chi connectivity index (χ4n) is 2.06. The van der Waals surface area contributed by atoms with E-state index in [0.29, 0.717) is 11.3 Å². The highest BCUT2D eigenvalue weighted by Gasteiger charge is 2.21. The predicted molar refractivity (Wildman–Crippen MR) is 82.7 cm³/mol. The molecule has 2 heterocycles. The first-order chi connectivity index (χ1) is 11.5. The average Bonchev–Trinajstić information content (AvgIpc) is 3.18. The molecule has 1 atom stereocenters. The Morgan fingerprint density at radius 1 is 1.21 bits per heavy atom. The van der Waals surface area contributed by atoms with E-state index in [9.17, 15) is 13.6 Å². The molecule has 1 aromatic carbocycles. The van der Waals surface area contributed by atoms with Gasteiger partial charge in [0, 0.05) is 5.56 Å². The maximum absolute atomic E-state index is 13.2. The van der Waals surface area contributed by atoms with Gasteiger partial charge < -0.3 is 8.83 Å². The smallest absolute Gasteiger partial charge is 0.277 e. The molecule has 3 rings (SSSR count). The summed E-state index contributed by atoms with van der Waals surface area (Å²) in [5.41, 5.74) is 0.758. The number of halogens is 2. The summed E-state index contributed by atoms with van der Waals surface area (Å²) in [5, 5.41) is 7.39. The normalized spacial score (nSPS) is 12.3. The number of thioether (sulfide) groups is 1. The van der Waals surface area contributed by atoms with E-state index in [2.05, 4.69) is 10.2 Å². The van der Waals surface area contributed by atoms with Gasteiger partial charge in [0.15, 0.2) is 17.4 Å². The van der Waals surface area contributed by atoms with Crippen molar-refractivity contribution in [3.63, 3.8) is 0 Å². The Hall–Kier alpha value is -2.48. The largest absolute Gasteiger partial charge is 0.469 e. The number of hydrogen-bond acceptors (Lipinski definition) is 6. The molecule has 3 aromatic rings. The van der Waals surface area contributed by atoms with Crippen molar-refractivity contribution in [2.75, 3.05) is 0 Å². The zero-order chi connectivity index (χ0) is 17.3. The minimum absolute atomic E-state index is 0.0827. The highest BCUT2D eigenvalue weighted by atomic mass is 32.2. The topological polar surface area (TPSA) is 69.1 Å². The van der Waals surface area contributed by atoms with Crippen molar-refractivity contribution in [2.24, 2.45) is 0 Å². The lowest BCUT2D eigenvalue weighted by Gasteiger charge is -2.07. The Morgan fingerprint density at radius 2 is 2.00 bits per heavy atom. The van der Waals surface area contributed by atoms with Gasteiger partial charge in [-0.1, -0.05) is 11.8 Å². The monoisotopic (exact) mass is 350 g/mol. The Morgan fingerprint density at radius 3 is 2.67 bits per heavy atom. The van der Waals surface area contributed by atoms with Crippen LogP contribution >= 0.6 is 11.8 Å². The molecule has 124 valence electrons. The number of rotatable bonds is 5. The lowest BCUT2D eigenvalue weighted by atomic mass is 10.1. The van der Waals surface area contributed by atoms with Gasteiger partial charge >= 0.3 is 0 Å². The van der Waals surface area contributed by atoms with Crippen LogP contribution < -0.4 is 0 Å². The minimum Gasteiger partial charge on any atom is -0.469 e. The minimum atomic E-state index is -1.06. The summed E-state index contributed by atoms with van der Waals surface area (Å²) < 4.78 is 36.9. The van der Waals surface area contributed by atoms with Crippen LogP contribution in [0.2, 0.25) is 0 Å². The first kappa shape index (κ1) is 16.4. The number of hydrogen-bond donors (Lipinski definition) is 0. The van der Waals surface area contributed by atoms with E-state index in [1.54, 1.807) is 19.9 Å². The van der Waals surface area contributed by atoms with Crippen LogP contribution in [0.4, 0.5) is 8.78 Å². The molecular weight excluding hydrogens is 338 g/mol. The molecule has 0 N–H and O–H groups in total. The number of carbonyl (C=O) groups excluding carboxylic acids is 1. The quantitative estimate of drug-likeness (QED) is 0.505. The van der Waals surface area contributed by atoms with Gasteiger partial charge in [0.2, 0.25) is 0 Å². The fraction of sp³-hybridized carbons (Fsp3) is 0.188. The van der Waals surface area contributed by atoms with E-state index in [4.69, 9.17) is 8.83 Å². The van der Waals surface area contributed by atoms with Crippen LogP contribution in [0, 0.1) is 18.6 Å². The standard InChI is InChI=1S/C16H12F2N2O3S/c1-8-11(5-6-22-8)15-19-20-16(23-15)24-9(2)14(21)10-3-4-12(17)13(18)7-10/h3-7,9H,1-2H3/t9-/m0/s1. The van der Waals surface area contributed by atoms with Gasteiger partial charge in [-0.3, -0.25) is 4.79 Å². The molecule has 0 fully saturated rings. The highest BCUT2D eigenvalue weighted by molar-refractivity contribution is 8.00. The maximum Gasteiger partial charge on any atom is 0.277 e. The Kier molecular flexibility index (Phi) is 4.48. The van der Waals surface area contributed by atoms with Gasteiger partial charge in [0.1, 0.15) is 5.76 Å². The summed E-state index contributed by atoms with van der Waals surface area (Å²) >= 11 is 1.04. The molecule has 0 saturated carbocycles. The summed E-state index contributed by atoms with van der Waals surface area (Å²) in [6.45, 7) is 3.39. The maximum atomic E-state index is 13.2. The van der Waals surface area contributed by atoms with Crippen molar-refractivity contribution in [3.8, 4) is 11.5 Å². The molecule has 2 aromatic heterocycles. The molecule has 0 aliphatic carbocycles. The van der Waals surface area contributed by atoms with Gasteiger partial charge in [-0.25, -0.2) is 8.78 Å². The van der Waals surface area contributed by atoms with Crippen LogP contribution in [-0.4, -0.2) is 21.2 Å². The number of benzene rings is 1. The van der Waals surface area contributed by atoms with Crippen LogP contribution in [0.25, 0.3) is 11.5 Å². The van der Waals surface area contributed by atoms with Gasteiger partial charge in [0.05, 0.1) is 17.1 Å². The number of aromatic nitrogens is 2. The van der Waals surface area contributed by atoms with E-state index < -0.39 is 16.9 Å². The molecule has 0 radical (unpaired) electrons. The van der Waals surface area contributed by atoms with E-state index in [1.807, 2.05) is 0 Å². The number of nitrogens with zero attached hydrogens (tertiary/aromatic N) is 2. The highest BCUT2D eigenvalue weighted by Crippen LogP contribution is 2.29. The van der Waals surface area contributed by atoms with Crippen LogP contribution in [0.1, 0.15) is 23.0 Å². The summed E-state index contributed by atoms with van der Waals surface area (Å²) in [6, 6.07) is 4.74. The number of ketones is 1. The van der Waals surface area contributed by atoms with E-state index in [1.165, 1.54) is 12.3 Å². The molecule has 0 unspecified atom stereocenters.